The summed E-state index contributed by atoms with van der Waals surface area (Å²) in [5, 5.41) is 11.9. The maximum Gasteiger partial charge on any atom is 0.405 e. The van der Waals surface area contributed by atoms with Gasteiger partial charge in [0.15, 0.2) is 0 Å². The number of hydrogen-bond acceptors (Lipinski definition) is 3. The first-order valence-electron chi connectivity index (χ1n) is 10.5. The Morgan fingerprint density at radius 3 is 2.13 bits per heavy atom. The molecule has 2 fully saturated rings. The van der Waals surface area contributed by atoms with Crippen molar-refractivity contribution in [3.8, 4) is 0 Å². The van der Waals surface area contributed by atoms with E-state index in [2.05, 4.69) is 10.2 Å². The summed E-state index contributed by atoms with van der Waals surface area (Å²) >= 11 is 0. The highest BCUT2D eigenvalue weighted by atomic mass is 16.4. The molecule has 0 saturated carbocycles. The monoisotopic (exact) mass is 407 g/mol. The largest absolute Gasteiger partial charge is 0.465 e. The molecule has 2 aliphatic rings. The summed E-state index contributed by atoms with van der Waals surface area (Å²) in [4.78, 5) is 28.8. The summed E-state index contributed by atoms with van der Waals surface area (Å²) in [7, 11) is 0. The zero-order valence-corrected chi connectivity index (χ0v) is 17.5. The Hall–Kier alpha value is -2.86. The maximum atomic E-state index is 13.1. The van der Waals surface area contributed by atoms with E-state index in [9.17, 15) is 14.7 Å². The number of carboxylic acid groups (broad SMARTS) is 1. The van der Waals surface area contributed by atoms with Crippen LogP contribution in [0, 0.1) is 25.7 Å². The lowest BCUT2D eigenvalue weighted by Crippen LogP contribution is -2.39. The quantitative estimate of drug-likeness (QED) is 0.798. The van der Waals surface area contributed by atoms with Crippen LogP contribution in [0.3, 0.4) is 0 Å². The molecule has 3 atom stereocenters. The van der Waals surface area contributed by atoms with Crippen LogP contribution in [0.15, 0.2) is 48.5 Å². The fourth-order valence-corrected chi connectivity index (χ4v) is 5.04. The zero-order chi connectivity index (χ0) is 21.3. The topological polar surface area (TPSA) is 72.9 Å². The van der Waals surface area contributed by atoms with Crippen molar-refractivity contribution in [1.29, 1.82) is 0 Å². The highest BCUT2D eigenvalue weighted by molar-refractivity contribution is 5.97. The highest BCUT2D eigenvalue weighted by Crippen LogP contribution is 2.33. The van der Waals surface area contributed by atoms with Gasteiger partial charge in [-0.2, -0.15) is 0 Å². The Bertz CT molecular complexity index is 896. The summed E-state index contributed by atoms with van der Waals surface area (Å²) in [5.74, 6) is 1.03. The van der Waals surface area contributed by atoms with E-state index in [0.717, 1.165) is 48.4 Å². The second-order valence-corrected chi connectivity index (χ2v) is 8.63. The highest BCUT2D eigenvalue weighted by Gasteiger charge is 2.42. The number of fused-ring (bicyclic) bond motifs is 1. The molecule has 2 heterocycles. The van der Waals surface area contributed by atoms with E-state index in [-0.39, 0.29) is 11.9 Å². The van der Waals surface area contributed by atoms with Crippen LogP contribution in [0.5, 0.6) is 0 Å². The smallest absolute Gasteiger partial charge is 0.405 e. The molecule has 2 amide bonds. The van der Waals surface area contributed by atoms with Crippen LogP contribution in [-0.2, 0) is 0 Å². The summed E-state index contributed by atoms with van der Waals surface area (Å²) in [5.41, 5.74) is 3.88. The Morgan fingerprint density at radius 2 is 1.57 bits per heavy atom. The van der Waals surface area contributed by atoms with Gasteiger partial charge in [0.25, 0.3) is 5.91 Å². The first-order valence-corrected chi connectivity index (χ1v) is 10.5. The Labute approximate surface area is 177 Å². The number of amides is 2. The van der Waals surface area contributed by atoms with Gasteiger partial charge in [0.2, 0.25) is 0 Å². The molecule has 0 radical (unpaired) electrons. The number of nitrogens with one attached hydrogen (secondary N) is 1. The number of rotatable bonds is 5. The van der Waals surface area contributed by atoms with Crippen molar-refractivity contribution < 1.29 is 14.7 Å². The van der Waals surface area contributed by atoms with Gasteiger partial charge >= 0.3 is 6.09 Å². The number of nitrogens with zero attached hydrogens (tertiary/aromatic N) is 2. The molecule has 2 saturated heterocycles. The summed E-state index contributed by atoms with van der Waals surface area (Å²) in [6.45, 7) is 7.98. The van der Waals surface area contributed by atoms with Crippen molar-refractivity contribution in [2.75, 3.05) is 32.7 Å². The summed E-state index contributed by atoms with van der Waals surface area (Å²) in [6.07, 6.45) is -1.01. The van der Waals surface area contributed by atoms with Gasteiger partial charge in [0.1, 0.15) is 0 Å². The first kappa shape index (κ1) is 20.4. The van der Waals surface area contributed by atoms with Gasteiger partial charge in [0.05, 0.1) is 6.04 Å². The predicted octanol–water partition coefficient (Wildman–Crippen LogP) is 3.32. The molecule has 2 aromatic rings. The van der Waals surface area contributed by atoms with Crippen LogP contribution in [0.4, 0.5) is 4.79 Å². The standard InChI is InChI=1S/C24H29N3O3/c1-16-7-6-8-17(2)22(16)23(28)27-13-19-11-26(12-20(19)14-27)15-21(25-24(29)30)18-9-4-3-5-10-18/h3-10,19-21,25H,11-15H2,1-2H3,(H,29,30)/t19-,20?,21?/m1/s1. The zero-order valence-electron chi connectivity index (χ0n) is 17.5. The number of aryl methyl sites for hydroxylation is 2. The first-order chi connectivity index (χ1) is 14.4. The molecule has 158 valence electrons. The number of carbonyl (C=O) groups excluding carboxylic acids is 1. The normalized spacial score (nSPS) is 22.0. The molecule has 2 N–H and O–H groups in total. The minimum Gasteiger partial charge on any atom is -0.465 e. The molecule has 0 spiro atoms. The SMILES string of the molecule is Cc1cccc(C)c1C(=O)N1CC2CN(CC(NC(=O)O)c3ccccc3)C[C@@H]2C1. The van der Waals surface area contributed by atoms with E-state index in [1.54, 1.807) is 0 Å². The second kappa shape index (κ2) is 8.48. The third-order valence-corrected chi connectivity index (χ3v) is 6.48. The second-order valence-electron chi connectivity index (χ2n) is 8.63. The predicted molar refractivity (Wildman–Crippen MR) is 116 cm³/mol. The van der Waals surface area contributed by atoms with E-state index in [1.807, 2.05) is 67.3 Å². The van der Waals surface area contributed by atoms with Crippen LogP contribution < -0.4 is 5.32 Å². The van der Waals surface area contributed by atoms with Crippen LogP contribution in [0.1, 0.15) is 33.1 Å². The average molecular weight is 408 g/mol. The molecule has 6 nitrogen and oxygen atoms in total. The minimum absolute atomic E-state index is 0.140. The van der Waals surface area contributed by atoms with Crippen molar-refractivity contribution in [1.82, 2.24) is 15.1 Å². The summed E-state index contributed by atoms with van der Waals surface area (Å²) < 4.78 is 0. The van der Waals surface area contributed by atoms with Gasteiger partial charge in [-0.1, -0.05) is 48.5 Å². The van der Waals surface area contributed by atoms with E-state index in [4.69, 9.17) is 0 Å². The Balaban J connectivity index is 1.39. The third-order valence-electron chi connectivity index (χ3n) is 6.48. The maximum absolute atomic E-state index is 13.1. The summed E-state index contributed by atoms with van der Waals surface area (Å²) in [6, 6.07) is 15.5. The molecular weight excluding hydrogens is 378 g/mol. The van der Waals surface area contributed by atoms with Crippen molar-refractivity contribution in [2.24, 2.45) is 11.8 Å². The third kappa shape index (κ3) is 4.19. The number of likely N-dealkylation sites (tertiary alicyclic amines) is 2. The molecule has 0 bridgehead atoms. The number of benzene rings is 2. The lowest BCUT2D eigenvalue weighted by molar-refractivity contribution is 0.0771. The van der Waals surface area contributed by atoms with Gasteiger partial charge < -0.3 is 20.2 Å². The van der Waals surface area contributed by atoms with E-state index >= 15 is 0 Å². The fourth-order valence-electron chi connectivity index (χ4n) is 5.04. The van der Waals surface area contributed by atoms with Crippen LogP contribution >= 0.6 is 0 Å². The molecule has 2 aromatic carbocycles. The average Bonchev–Trinajstić information content (AvgIpc) is 3.26. The Kier molecular flexibility index (Phi) is 5.77. The molecule has 2 unspecified atom stereocenters. The number of hydrogen-bond donors (Lipinski definition) is 2. The van der Waals surface area contributed by atoms with Crippen LogP contribution in [0.2, 0.25) is 0 Å². The Morgan fingerprint density at radius 1 is 0.967 bits per heavy atom. The lowest BCUT2D eigenvalue weighted by atomic mass is 10.0. The van der Waals surface area contributed by atoms with Gasteiger partial charge in [-0.25, -0.2) is 4.79 Å². The van der Waals surface area contributed by atoms with E-state index in [1.165, 1.54) is 0 Å². The molecule has 30 heavy (non-hydrogen) atoms. The van der Waals surface area contributed by atoms with Gasteiger partial charge in [-0.3, -0.25) is 4.79 Å². The lowest BCUT2D eigenvalue weighted by Gasteiger charge is -2.26. The minimum atomic E-state index is -1.01. The van der Waals surface area contributed by atoms with Crippen molar-refractivity contribution in [3.05, 3.63) is 70.8 Å². The van der Waals surface area contributed by atoms with Crippen molar-refractivity contribution in [2.45, 2.75) is 19.9 Å². The van der Waals surface area contributed by atoms with Gasteiger partial charge in [-0.15, -0.1) is 0 Å². The molecular formula is C24H29N3O3. The van der Waals surface area contributed by atoms with Crippen LogP contribution in [0.25, 0.3) is 0 Å². The molecule has 0 aromatic heterocycles. The van der Waals surface area contributed by atoms with Gasteiger partial charge in [0, 0.05) is 38.3 Å². The van der Waals surface area contributed by atoms with Crippen molar-refractivity contribution in [3.63, 3.8) is 0 Å². The molecule has 4 rings (SSSR count). The molecule has 6 heteroatoms. The number of carbonyl (C=O) groups is 2. The van der Waals surface area contributed by atoms with Gasteiger partial charge in [-0.05, 0) is 42.4 Å². The van der Waals surface area contributed by atoms with E-state index in [0.29, 0.717) is 18.4 Å². The van der Waals surface area contributed by atoms with Crippen LogP contribution in [-0.4, -0.2) is 59.6 Å². The fraction of sp³-hybridized carbons (Fsp3) is 0.417. The van der Waals surface area contributed by atoms with E-state index < -0.39 is 6.09 Å². The van der Waals surface area contributed by atoms with Crippen molar-refractivity contribution >= 4 is 12.0 Å². The molecule has 0 aliphatic carbocycles. The molecule has 2 aliphatic heterocycles.